The summed E-state index contributed by atoms with van der Waals surface area (Å²) < 4.78 is 31.6. The maximum Gasteiger partial charge on any atom is 1.00 e. The molecular formula is C15H35NaO4S. The number of rotatable bonds is 12. The molecule has 4 nitrogen and oxygen atoms in total. The molecule has 0 aromatic rings. The molecule has 0 heterocycles. The van der Waals surface area contributed by atoms with Gasteiger partial charge in [-0.1, -0.05) is 97.3 Å². The maximum absolute atomic E-state index is 8.74. The Morgan fingerprint density at radius 1 is 0.619 bits per heavy atom. The van der Waals surface area contributed by atoms with E-state index in [4.69, 9.17) is 17.5 Å². The van der Waals surface area contributed by atoms with Crippen LogP contribution in [-0.4, -0.2) is 17.5 Å². The second kappa shape index (κ2) is 20.9. The Hall–Kier alpha value is 0.870. The van der Waals surface area contributed by atoms with Crippen LogP contribution < -0.4 is 29.6 Å². The summed E-state index contributed by atoms with van der Waals surface area (Å²) in [6, 6.07) is 0. The molecule has 0 rings (SSSR count). The predicted octanol–water partition coefficient (Wildman–Crippen LogP) is 2.56. The van der Waals surface area contributed by atoms with E-state index in [1.54, 1.807) is 0 Å². The molecule has 21 heavy (non-hydrogen) atoms. The third-order valence-corrected chi connectivity index (χ3v) is 3.21. The van der Waals surface area contributed by atoms with Crippen molar-refractivity contribution in [3.63, 3.8) is 0 Å². The molecule has 0 spiro atoms. The molecule has 0 amide bonds. The van der Waals surface area contributed by atoms with E-state index in [1.165, 1.54) is 83.5 Å². The molecule has 0 atom stereocenters. The first-order chi connectivity index (χ1) is 9.41. The van der Waals surface area contributed by atoms with Gasteiger partial charge in [0.1, 0.15) is 0 Å². The fourth-order valence-corrected chi connectivity index (χ4v) is 2.09. The Kier molecular flexibility index (Phi) is 26.6. The van der Waals surface area contributed by atoms with E-state index in [1.807, 2.05) is 0 Å². The Labute approximate surface area is 155 Å². The largest absolute Gasteiger partial charge is 1.00 e. The van der Waals surface area contributed by atoms with Crippen molar-refractivity contribution in [3.8, 4) is 0 Å². The van der Waals surface area contributed by atoms with Crippen LogP contribution >= 0.6 is 0 Å². The molecule has 0 aliphatic heterocycles. The first-order valence-corrected chi connectivity index (χ1v) is 9.51. The van der Waals surface area contributed by atoms with E-state index in [0.29, 0.717) is 0 Å². The predicted molar refractivity (Wildman–Crippen MR) is 86.7 cm³/mol. The van der Waals surface area contributed by atoms with Gasteiger partial charge in [0, 0.05) is 0 Å². The first-order valence-electron chi connectivity index (χ1n) is 8.11. The Morgan fingerprint density at radius 3 is 0.905 bits per heavy atom. The summed E-state index contributed by atoms with van der Waals surface area (Å²) in [4.78, 5) is 0. The summed E-state index contributed by atoms with van der Waals surface area (Å²) in [6.45, 7) is 4.58. The Balaban J connectivity index is -0.000000201. The van der Waals surface area contributed by atoms with Gasteiger partial charge >= 0.3 is 40.0 Å². The van der Waals surface area contributed by atoms with Gasteiger partial charge in [-0.05, 0) is 0 Å². The molecule has 0 bridgehead atoms. The molecule has 0 aliphatic rings. The second-order valence-corrected chi connectivity index (χ2v) is 6.23. The van der Waals surface area contributed by atoms with Crippen molar-refractivity contribution in [3.05, 3.63) is 0 Å². The van der Waals surface area contributed by atoms with Gasteiger partial charge in [0.2, 0.25) is 0 Å². The molecule has 0 radical (unpaired) electrons. The maximum atomic E-state index is 8.74. The summed E-state index contributed by atoms with van der Waals surface area (Å²) in [5.41, 5.74) is 0. The number of hydrogen-bond donors (Lipinski definition) is 2. The van der Waals surface area contributed by atoms with Crippen molar-refractivity contribution < 1.29 is 48.5 Å². The average Bonchev–Trinajstić information content (AvgIpc) is 2.34. The minimum Gasteiger partial charge on any atom is -1.00 e. The molecule has 0 aromatic carbocycles. The summed E-state index contributed by atoms with van der Waals surface area (Å²) in [5.74, 6) is 0. The third-order valence-electron chi connectivity index (χ3n) is 3.21. The van der Waals surface area contributed by atoms with Gasteiger partial charge in [-0.2, -0.15) is 8.42 Å². The Bertz CT molecular complexity index is 255. The van der Waals surface area contributed by atoms with Gasteiger partial charge in [-0.15, -0.1) is 0 Å². The van der Waals surface area contributed by atoms with Gasteiger partial charge in [0.15, 0.2) is 0 Å². The normalized spacial score (nSPS) is 10.5. The van der Waals surface area contributed by atoms with E-state index in [0.717, 1.165) is 0 Å². The Morgan fingerprint density at radius 2 is 0.762 bits per heavy atom. The smallest absolute Gasteiger partial charge is 1.00 e. The fourth-order valence-electron chi connectivity index (χ4n) is 2.09. The van der Waals surface area contributed by atoms with Gasteiger partial charge in [0.05, 0.1) is 0 Å². The van der Waals surface area contributed by atoms with E-state index in [9.17, 15) is 0 Å². The van der Waals surface area contributed by atoms with Gasteiger partial charge in [0.25, 0.3) is 0 Å². The quantitative estimate of drug-likeness (QED) is 0.327. The fraction of sp³-hybridized carbons (Fsp3) is 1.00. The van der Waals surface area contributed by atoms with Crippen molar-refractivity contribution in [2.24, 2.45) is 0 Å². The third kappa shape index (κ3) is 44.9. The van der Waals surface area contributed by atoms with Crippen LogP contribution in [0.25, 0.3) is 0 Å². The molecule has 0 saturated carbocycles. The molecule has 0 aliphatic carbocycles. The number of unbranched alkanes of at least 4 members (excludes halogenated alkanes) is 12. The summed E-state index contributed by atoms with van der Waals surface area (Å²) in [7, 11) is -4.67. The summed E-state index contributed by atoms with van der Waals surface area (Å²) >= 11 is 0. The molecule has 0 unspecified atom stereocenters. The molecule has 0 saturated heterocycles. The summed E-state index contributed by atoms with van der Waals surface area (Å²) in [6.07, 6.45) is 18.9. The van der Waals surface area contributed by atoms with Crippen molar-refractivity contribution >= 4 is 10.4 Å². The van der Waals surface area contributed by atoms with Crippen LogP contribution in [-0.2, 0) is 10.4 Å². The van der Waals surface area contributed by atoms with E-state index < -0.39 is 10.4 Å². The van der Waals surface area contributed by atoms with Gasteiger partial charge in [-0.25, -0.2) is 0 Å². The molecule has 2 N–H and O–H groups in total. The second-order valence-electron chi connectivity index (χ2n) is 5.34. The van der Waals surface area contributed by atoms with Crippen LogP contribution in [0.4, 0.5) is 0 Å². The zero-order chi connectivity index (χ0) is 15.7. The minimum absolute atomic E-state index is 0. The van der Waals surface area contributed by atoms with E-state index >= 15 is 0 Å². The van der Waals surface area contributed by atoms with E-state index in [2.05, 4.69) is 13.8 Å². The van der Waals surface area contributed by atoms with Crippen LogP contribution in [0.15, 0.2) is 0 Å². The van der Waals surface area contributed by atoms with Crippen LogP contribution in [0.3, 0.4) is 0 Å². The van der Waals surface area contributed by atoms with Crippen LogP contribution in [0.5, 0.6) is 0 Å². The molecule has 0 aromatic heterocycles. The molecule has 0 fully saturated rings. The number of hydrogen-bond acceptors (Lipinski definition) is 2. The molecule has 6 heteroatoms. The van der Waals surface area contributed by atoms with Gasteiger partial charge < -0.3 is 1.43 Å². The van der Waals surface area contributed by atoms with Crippen LogP contribution in [0.2, 0.25) is 0 Å². The molecule has 126 valence electrons. The monoisotopic (exact) mass is 334 g/mol. The first kappa shape index (κ1) is 26.8. The minimum atomic E-state index is -4.67. The SMILES string of the molecule is CCCCCCCCCCCCCCC.O=S(=O)(O)O.[H-].[Na+]. The summed E-state index contributed by atoms with van der Waals surface area (Å²) in [5, 5.41) is 0. The van der Waals surface area contributed by atoms with E-state index in [-0.39, 0.29) is 31.0 Å². The van der Waals surface area contributed by atoms with Crippen LogP contribution in [0, 0.1) is 0 Å². The zero-order valence-electron chi connectivity index (χ0n) is 15.3. The van der Waals surface area contributed by atoms with Crippen molar-refractivity contribution in [1.29, 1.82) is 0 Å². The van der Waals surface area contributed by atoms with Crippen LogP contribution in [0.1, 0.15) is 98.7 Å². The van der Waals surface area contributed by atoms with Crippen molar-refractivity contribution in [2.45, 2.75) is 97.3 Å². The molecular weight excluding hydrogens is 299 g/mol. The average molecular weight is 334 g/mol. The van der Waals surface area contributed by atoms with Crippen molar-refractivity contribution in [1.82, 2.24) is 0 Å². The zero-order valence-corrected chi connectivity index (χ0v) is 17.1. The topological polar surface area (TPSA) is 74.6 Å². The van der Waals surface area contributed by atoms with Crippen molar-refractivity contribution in [2.75, 3.05) is 0 Å². The standard InChI is InChI=1S/C15H32.Na.H2O4S.H/c1-3-5-7-9-11-13-15-14-12-10-8-6-4-2;;1-5(2,3)4;/h3-15H2,1-2H3;;(H2,1,2,3,4);/q;+1;;-1. The van der Waals surface area contributed by atoms with Gasteiger partial charge in [-0.3, -0.25) is 9.11 Å².